The largest absolute Gasteiger partial charge is 0.314 e. The average molecular weight is 302 g/mol. The van der Waals surface area contributed by atoms with Gasteiger partial charge >= 0.3 is 0 Å². The Balaban J connectivity index is 1.44. The lowest BCUT2D eigenvalue weighted by molar-refractivity contribution is -0.165. The van der Waals surface area contributed by atoms with Crippen LogP contribution in [0.5, 0.6) is 0 Å². The molecule has 3 N–H and O–H groups in total. The van der Waals surface area contributed by atoms with E-state index in [1.165, 1.54) is 25.5 Å². The highest BCUT2D eigenvalue weighted by Gasteiger charge is 2.67. The van der Waals surface area contributed by atoms with Crippen LogP contribution >= 0.6 is 0 Å². The van der Waals surface area contributed by atoms with Gasteiger partial charge in [-0.15, -0.1) is 0 Å². The molecule has 2 heterocycles. The van der Waals surface area contributed by atoms with Crippen molar-refractivity contribution in [2.75, 3.05) is 20.1 Å². The smallest absolute Gasteiger partial charge is 0.276 e. The lowest BCUT2D eigenvalue weighted by Crippen LogP contribution is -2.75. The van der Waals surface area contributed by atoms with Crippen molar-refractivity contribution < 1.29 is 10.0 Å². The number of fused-ring (bicyclic) bond motifs is 1. The van der Waals surface area contributed by atoms with E-state index in [1.807, 2.05) is 6.07 Å². The van der Waals surface area contributed by atoms with E-state index in [0.29, 0.717) is 16.5 Å². The van der Waals surface area contributed by atoms with Crippen molar-refractivity contribution in [1.82, 2.24) is 20.7 Å². The second-order valence-corrected chi connectivity index (χ2v) is 7.29. The van der Waals surface area contributed by atoms with Gasteiger partial charge in [0.1, 0.15) is 0 Å². The molecule has 4 aliphatic rings. The first-order chi connectivity index (χ1) is 10.6. The third-order valence-electron chi connectivity index (χ3n) is 5.71. The molecular formula is C16H22N4O2. The van der Waals surface area contributed by atoms with Gasteiger partial charge in [-0.3, -0.25) is 19.9 Å². The number of hydroxylamine groups is 1. The van der Waals surface area contributed by atoms with Crippen LogP contribution < -0.4 is 10.8 Å². The van der Waals surface area contributed by atoms with Gasteiger partial charge in [0.15, 0.2) is 0 Å². The fraction of sp³-hybridized carbons (Fsp3) is 0.625. The number of rotatable bonds is 4. The molecule has 5 rings (SSSR count). The number of nitrogens with zero attached hydrogens (tertiary/aromatic N) is 2. The van der Waals surface area contributed by atoms with Crippen LogP contribution in [0, 0.1) is 5.41 Å². The van der Waals surface area contributed by atoms with Crippen LogP contribution in [-0.2, 0) is 13.0 Å². The number of aromatic nitrogens is 1. The molecule has 3 aliphatic carbocycles. The number of nitrogens with one attached hydrogen (secondary N) is 2. The Kier molecular flexibility index (Phi) is 3.04. The minimum atomic E-state index is -0.497. The minimum absolute atomic E-state index is 0.419. The third kappa shape index (κ3) is 2.06. The predicted molar refractivity (Wildman–Crippen MR) is 80.5 cm³/mol. The second kappa shape index (κ2) is 4.75. The van der Waals surface area contributed by atoms with Crippen molar-refractivity contribution in [2.24, 2.45) is 5.41 Å². The lowest BCUT2D eigenvalue weighted by Gasteiger charge is -2.71. The maximum atomic E-state index is 11.5. The Morgan fingerprint density at radius 3 is 2.91 bits per heavy atom. The summed E-state index contributed by atoms with van der Waals surface area (Å²) >= 11 is 0. The molecule has 0 unspecified atom stereocenters. The molecule has 0 radical (unpaired) electrons. The van der Waals surface area contributed by atoms with Crippen LogP contribution in [0.15, 0.2) is 12.3 Å². The second-order valence-electron chi connectivity index (χ2n) is 7.29. The van der Waals surface area contributed by atoms with Gasteiger partial charge in [0.25, 0.3) is 5.91 Å². The first-order valence-corrected chi connectivity index (χ1v) is 7.91. The minimum Gasteiger partial charge on any atom is -0.314 e. The van der Waals surface area contributed by atoms with Crippen LogP contribution in [0.4, 0.5) is 0 Å². The van der Waals surface area contributed by atoms with E-state index >= 15 is 0 Å². The summed E-state index contributed by atoms with van der Waals surface area (Å²) in [6.45, 7) is 3.04. The number of pyridine rings is 1. The maximum absolute atomic E-state index is 11.5. The molecule has 6 nitrogen and oxygen atoms in total. The Morgan fingerprint density at radius 1 is 1.45 bits per heavy atom. The number of hydrogen-bond donors (Lipinski definition) is 3. The topological polar surface area (TPSA) is 77.5 Å². The molecule has 3 fully saturated rings. The van der Waals surface area contributed by atoms with E-state index in [4.69, 9.17) is 5.21 Å². The molecule has 3 saturated carbocycles. The summed E-state index contributed by atoms with van der Waals surface area (Å²) in [6, 6.07) is 1.86. The number of amides is 1. The van der Waals surface area contributed by atoms with E-state index in [0.717, 1.165) is 37.3 Å². The fourth-order valence-electron chi connectivity index (χ4n) is 4.71. The molecule has 22 heavy (non-hydrogen) atoms. The van der Waals surface area contributed by atoms with Crippen LogP contribution in [-0.4, -0.2) is 46.7 Å². The molecule has 0 aromatic carbocycles. The number of carbonyl (C=O) groups is 1. The van der Waals surface area contributed by atoms with Crippen molar-refractivity contribution in [3.8, 4) is 0 Å². The van der Waals surface area contributed by atoms with E-state index in [2.05, 4.69) is 22.2 Å². The molecule has 0 atom stereocenters. The molecule has 2 bridgehead atoms. The highest BCUT2D eigenvalue weighted by Crippen LogP contribution is 2.67. The summed E-state index contributed by atoms with van der Waals surface area (Å²) in [5.74, 6) is -0.497. The maximum Gasteiger partial charge on any atom is 0.276 e. The van der Waals surface area contributed by atoms with E-state index in [-0.39, 0.29) is 0 Å². The first-order valence-electron chi connectivity index (χ1n) is 7.91. The van der Waals surface area contributed by atoms with Gasteiger partial charge in [0, 0.05) is 43.5 Å². The SMILES string of the molecule is CNC12CC(CN3CCc4ncc(C(=O)NO)cc4C3)(C1)C2. The zero-order chi connectivity index (χ0) is 15.4. The normalized spacial score (nSPS) is 32.6. The number of hydrogen-bond acceptors (Lipinski definition) is 5. The van der Waals surface area contributed by atoms with Crippen molar-refractivity contribution in [1.29, 1.82) is 0 Å². The Labute approximate surface area is 129 Å². The third-order valence-corrected chi connectivity index (χ3v) is 5.71. The molecule has 0 spiro atoms. The van der Waals surface area contributed by atoms with Crippen LogP contribution in [0.25, 0.3) is 0 Å². The summed E-state index contributed by atoms with van der Waals surface area (Å²) in [7, 11) is 2.07. The van der Waals surface area contributed by atoms with Gasteiger partial charge in [-0.05, 0) is 43.4 Å². The van der Waals surface area contributed by atoms with Crippen molar-refractivity contribution in [3.63, 3.8) is 0 Å². The van der Waals surface area contributed by atoms with E-state index in [1.54, 1.807) is 5.48 Å². The van der Waals surface area contributed by atoms with Gasteiger partial charge in [0.05, 0.1) is 5.56 Å². The van der Waals surface area contributed by atoms with E-state index < -0.39 is 5.91 Å². The summed E-state index contributed by atoms with van der Waals surface area (Å²) in [5, 5.41) is 12.2. The summed E-state index contributed by atoms with van der Waals surface area (Å²) in [4.78, 5) is 18.4. The lowest BCUT2D eigenvalue weighted by atomic mass is 9.39. The van der Waals surface area contributed by atoms with Gasteiger partial charge < -0.3 is 5.32 Å². The summed E-state index contributed by atoms with van der Waals surface area (Å²) in [6.07, 6.45) is 6.36. The summed E-state index contributed by atoms with van der Waals surface area (Å²) < 4.78 is 0. The van der Waals surface area contributed by atoms with Gasteiger partial charge in [-0.2, -0.15) is 0 Å². The fourth-order valence-corrected chi connectivity index (χ4v) is 4.71. The van der Waals surface area contributed by atoms with Gasteiger partial charge in [-0.1, -0.05) is 0 Å². The highest BCUT2D eigenvalue weighted by atomic mass is 16.5. The van der Waals surface area contributed by atoms with Crippen molar-refractivity contribution >= 4 is 5.91 Å². The van der Waals surface area contributed by atoms with Crippen molar-refractivity contribution in [2.45, 2.75) is 37.8 Å². The molecule has 118 valence electrons. The molecular weight excluding hydrogens is 280 g/mol. The quantitative estimate of drug-likeness (QED) is 0.564. The van der Waals surface area contributed by atoms with Crippen molar-refractivity contribution in [3.05, 3.63) is 29.1 Å². The zero-order valence-electron chi connectivity index (χ0n) is 12.9. The number of carbonyl (C=O) groups excluding carboxylic acids is 1. The average Bonchev–Trinajstić information content (AvgIpc) is 2.47. The predicted octanol–water partition coefficient (Wildman–Crippen LogP) is 0.701. The Morgan fingerprint density at radius 2 is 2.23 bits per heavy atom. The Hall–Kier alpha value is -1.50. The van der Waals surface area contributed by atoms with Gasteiger partial charge in [0.2, 0.25) is 0 Å². The first kappa shape index (κ1) is 14.1. The molecule has 1 aliphatic heterocycles. The molecule has 1 amide bonds. The van der Waals surface area contributed by atoms with Crippen LogP contribution in [0.2, 0.25) is 0 Å². The standard InChI is InChI=1S/C16H22N4O2/c1-17-16-7-15(8-16,9-16)10-20-3-2-13-12(6-20)4-11(5-18-13)14(21)19-22/h4-5,17,22H,2-3,6-10H2,1H3,(H,19,21). The van der Waals surface area contributed by atoms with Crippen LogP contribution in [0.1, 0.15) is 40.9 Å². The van der Waals surface area contributed by atoms with E-state index in [9.17, 15) is 4.79 Å². The van der Waals surface area contributed by atoms with Crippen LogP contribution in [0.3, 0.4) is 0 Å². The molecule has 6 heteroatoms. The summed E-state index contributed by atoms with van der Waals surface area (Å²) in [5.41, 5.74) is 5.25. The van der Waals surface area contributed by atoms with Gasteiger partial charge in [-0.25, -0.2) is 5.48 Å². The molecule has 1 aromatic heterocycles. The Bertz CT molecular complexity index is 611. The molecule has 1 aromatic rings. The monoisotopic (exact) mass is 302 g/mol. The molecule has 0 saturated heterocycles. The highest BCUT2D eigenvalue weighted by molar-refractivity contribution is 5.93. The zero-order valence-corrected chi connectivity index (χ0v) is 12.9.